The molecule has 0 fully saturated rings. The fourth-order valence-corrected chi connectivity index (χ4v) is 2.02. The lowest BCUT2D eigenvalue weighted by molar-refractivity contribution is -0.113. The molecule has 0 aliphatic rings. The molecule has 3 aromatic heterocycles. The molecule has 5 heteroatoms. The smallest absolute Gasteiger partial charge is 0.241 e. The van der Waals surface area contributed by atoms with Gasteiger partial charge >= 0.3 is 0 Å². The lowest BCUT2D eigenvalue weighted by atomic mass is 10.1. The van der Waals surface area contributed by atoms with E-state index >= 15 is 0 Å². The Morgan fingerprint density at radius 1 is 1.30 bits per heavy atom. The van der Waals surface area contributed by atoms with Crippen LogP contribution in [0.15, 0.2) is 49.1 Å². The van der Waals surface area contributed by atoms with E-state index in [1.165, 1.54) is 6.08 Å². The van der Waals surface area contributed by atoms with E-state index in [9.17, 15) is 4.79 Å². The molecule has 0 aliphatic carbocycles. The van der Waals surface area contributed by atoms with E-state index in [0.29, 0.717) is 0 Å². The maximum absolute atomic E-state index is 10.8. The van der Waals surface area contributed by atoms with Gasteiger partial charge in [-0.1, -0.05) is 6.07 Å². The molecule has 0 aromatic carbocycles. The number of aromatic amines is 1. The molecule has 3 N–H and O–H groups in total. The molecule has 20 heavy (non-hydrogen) atoms. The van der Waals surface area contributed by atoms with Gasteiger partial charge in [-0.2, -0.15) is 0 Å². The molecular weight excluding hydrogens is 252 g/mol. The Kier molecular flexibility index (Phi) is 3.01. The Bertz CT molecular complexity index is 790. The molecular formula is C15H12N4O. The minimum absolute atomic E-state index is 0.476. The first kappa shape index (κ1) is 12.1. The fraction of sp³-hybridized carbons (Fsp3) is 0. The third kappa shape index (κ3) is 2.29. The van der Waals surface area contributed by atoms with Gasteiger partial charge in [-0.25, -0.2) is 4.98 Å². The van der Waals surface area contributed by atoms with E-state index < -0.39 is 5.91 Å². The van der Waals surface area contributed by atoms with Crippen molar-refractivity contribution in [2.75, 3.05) is 0 Å². The summed E-state index contributed by atoms with van der Waals surface area (Å²) in [6.07, 6.45) is 10.1. The highest BCUT2D eigenvalue weighted by Crippen LogP contribution is 2.24. The molecule has 0 saturated carbocycles. The first-order valence-corrected chi connectivity index (χ1v) is 6.09. The molecule has 5 nitrogen and oxygen atoms in total. The summed E-state index contributed by atoms with van der Waals surface area (Å²) in [5.41, 5.74) is 8.72. The van der Waals surface area contributed by atoms with Crippen molar-refractivity contribution in [3.63, 3.8) is 0 Å². The first-order valence-electron chi connectivity index (χ1n) is 6.09. The van der Waals surface area contributed by atoms with Crippen LogP contribution in [0.4, 0.5) is 0 Å². The lowest BCUT2D eigenvalue weighted by Gasteiger charge is -2.00. The molecule has 3 rings (SSSR count). The van der Waals surface area contributed by atoms with E-state index in [1.54, 1.807) is 30.9 Å². The van der Waals surface area contributed by atoms with Gasteiger partial charge < -0.3 is 10.7 Å². The molecule has 0 spiro atoms. The number of rotatable bonds is 3. The van der Waals surface area contributed by atoms with Crippen LogP contribution >= 0.6 is 0 Å². The van der Waals surface area contributed by atoms with Gasteiger partial charge in [0.15, 0.2) is 0 Å². The number of pyridine rings is 2. The predicted octanol–water partition coefficient (Wildman–Crippen LogP) is 2.12. The molecule has 98 valence electrons. The van der Waals surface area contributed by atoms with E-state index in [-0.39, 0.29) is 0 Å². The number of H-pyrrole nitrogens is 1. The summed E-state index contributed by atoms with van der Waals surface area (Å²) >= 11 is 0. The SMILES string of the molecule is NC(=O)C=Cc1c[nH]c2ncc(-c3cccnc3)cc12. The van der Waals surface area contributed by atoms with E-state index in [4.69, 9.17) is 5.73 Å². The van der Waals surface area contributed by atoms with Crippen molar-refractivity contribution in [1.29, 1.82) is 0 Å². The Balaban J connectivity index is 2.10. The second-order valence-electron chi connectivity index (χ2n) is 4.34. The van der Waals surface area contributed by atoms with Crippen LogP contribution in [0.3, 0.4) is 0 Å². The topological polar surface area (TPSA) is 84.7 Å². The number of hydrogen-bond acceptors (Lipinski definition) is 3. The van der Waals surface area contributed by atoms with Crippen molar-refractivity contribution in [2.24, 2.45) is 5.73 Å². The molecule has 0 aliphatic heterocycles. The number of nitrogens with two attached hydrogens (primary N) is 1. The number of nitrogens with one attached hydrogen (secondary N) is 1. The van der Waals surface area contributed by atoms with Crippen LogP contribution in [-0.2, 0) is 4.79 Å². The maximum atomic E-state index is 10.8. The summed E-state index contributed by atoms with van der Waals surface area (Å²) in [6.45, 7) is 0. The van der Waals surface area contributed by atoms with Gasteiger partial charge in [0.25, 0.3) is 0 Å². The van der Waals surface area contributed by atoms with Crippen LogP contribution < -0.4 is 5.73 Å². The summed E-state index contributed by atoms with van der Waals surface area (Å²) in [6, 6.07) is 5.86. The van der Waals surface area contributed by atoms with Gasteiger partial charge in [0.2, 0.25) is 5.91 Å². The highest BCUT2D eigenvalue weighted by Gasteiger charge is 2.05. The molecule has 0 saturated heterocycles. The zero-order valence-electron chi connectivity index (χ0n) is 10.6. The standard InChI is InChI=1S/C15H12N4O/c16-14(20)4-3-11-8-18-15-13(11)6-12(9-19-15)10-2-1-5-17-7-10/h1-9H,(H2,16,20)(H,18,19). The lowest BCUT2D eigenvalue weighted by Crippen LogP contribution is -2.04. The summed E-state index contributed by atoms with van der Waals surface area (Å²) in [7, 11) is 0. The van der Waals surface area contributed by atoms with Crippen LogP contribution in [0.1, 0.15) is 5.56 Å². The third-order valence-electron chi connectivity index (χ3n) is 2.99. The van der Waals surface area contributed by atoms with Crippen molar-refractivity contribution >= 4 is 23.0 Å². The van der Waals surface area contributed by atoms with Crippen LogP contribution in [0.25, 0.3) is 28.2 Å². The van der Waals surface area contributed by atoms with Crippen LogP contribution in [0.5, 0.6) is 0 Å². The first-order chi connectivity index (χ1) is 9.74. The number of primary amides is 1. The number of aromatic nitrogens is 3. The average molecular weight is 264 g/mol. The average Bonchev–Trinajstić information content (AvgIpc) is 2.88. The number of amides is 1. The van der Waals surface area contributed by atoms with Crippen molar-refractivity contribution in [2.45, 2.75) is 0 Å². The van der Waals surface area contributed by atoms with E-state index in [2.05, 4.69) is 15.0 Å². The summed E-state index contributed by atoms with van der Waals surface area (Å²) in [5.74, 6) is -0.476. The van der Waals surface area contributed by atoms with Gasteiger partial charge in [-0.3, -0.25) is 9.78 Å². The van der Waals surface area contributed by atoms with Crippen molar-refractivity contribution in [3.8, 4) is 11.1 Å². The van der Waals surface area contributed by atoms with Crippen molar-refractivity contribution < 1.29 is 4.79 Å². The van der Waals surface area contributed by atoms with Crippen molar-refractivity contribution in [3.05, 3.63) is 54.6 Å². The summed E-state index contributed by atoms with van der Waals surface area (Å²) in [4.78, 5) is 22.4. The van der Waals surface area contributed by atoms with Gasteiger partial charge in [0.1, 0.15) is 5.65 Å². The Hall–Kier alpha value is -2.95. The number of carbonyl (C=O) groups is 1. The largest absolute Gasteiger partial charge is 0.366 e. The van der Waals surface area contributed by atoms with Crippen molar-refractivity contribution in [1.82, 2.24) is 15.0 Å². The molecule has 0 bridgehead atoms. The monoisotopic (exact) mass is 264 g/mol. The number of hydrogen-bond donors (Lipinski definition) is 2. The maximum Gasteiger partial charge on any atom is 0.241 e. The number of fused-ring (bicyclic) bond motifs is 1. The highest BCUT2D eigenvalue weighted by atomic mass is 16.1. The Labute approximate surface area is 115 Å². The third-order valence-corrected chi connectivity index (χ3v) is 2.99. The van der Waals surface area contributed by atoms with Crippen LogP contribution in [0, 0.1) is 0 Å². The minimum atomic E-state index is -0.476. The normalized spacial score (nSPS) is 11.2. The van der Waals surface area contributed by atoms with Crippen LogP contribution in [0.2, 0.25) is 0 Å². The second kappa shape index (κ2) is 4.97. The molecule has 0 atom stereocenters. The quantitative estimate of drug-likeness (QED) is 0.710. The Morgan fingerprint density at radius 2 is 2.20 bits per heavy atom. The highest BCUT2D eigenvalue weighted by molar-refractivity contribution is 5.95. The van der Waals surface area contributed by atoms with Gasteiger partial charge in [0.05, 0.1) is 0 Å². The number of nitrogens with zero attached hydrogens (tertiary/aromatic N) is 2. The van der Waals surface area contributed by atoms with Gasteiger partial charge in [0, 0.05) is 52.9 Å². The fourth-order valence-electron chi connectivity index (χ4n) is 2.02. The van der Waals surface area contributed by atoms with Gasteiger partial charge in [-0.05, 0) is 18.2 Å². The summed E-state index contributed by atoms with van der Waals surface area (Å²) in [5, 5.41) is 0.934. The second-order valence-corrected chi connectivity index (χ2v) is 4.34. The van der Waals surface area contributed by atoms with E-state index in [1.807, 2.05) is 18.2 Å². The zero-order valence-corrected chi connectivity index (χ0v) is 10.6. The van der Waals surface area contributed by atoms with E-state index in [0.717, 1.165) is 27.7 Å². The number of carbonyl (C=O) groups excluding carboxylic acids is 1. The molecule has 3 heterocycles. The van der Waals surface area contributed by atoms with Crippen LogP contribution in [-0.4, -0.2) is 20.9 Å². The predicted molar refractivity (Wildman–Crippen MR) is 77.6 cm³/mol. The molecule has 0 radical (unpaired) electrons. The Morgan fingerprint density at radius 3 is 2.95 bits per heavy atom. The molecule has 1 amide bonds. The minimum Gasteiger partial charge on any atom is -0.366 e. The molecule has 3 aromatic rings. The van der Waals surface area contributed by atoms with Gasteiger partial charge in [-0.15, -0.1) is 0 Å². The summed E-state index contributed by atoms with van der Waals surface area (Å²) < 4.78 is 0. The zero-order chi connectivity index (χ0) is 13.9. The molecule has 0 unspecified atom stereocenters.